The fourth-order valence-electron chi connectivity index (χ4n) is 1.71. The highest BCUT2D eigenvalue weighted by Gasteiger charge is 2.47. The summed E-state index contributed by atoms with van der Waals surface area (Å²) >= 11 is 0. The first-order valence-electron chi connectivity index (χ1n) is 5.77. The standard InChI is InChI=1S/C12H16N4O2/c1-11(2,3)18-10(17)8-9(14)16(7-15-8)12(6-13)4-5-12/h7H,4-5,14H2,1-3H3. The Bertz CT molecular complexity index is 529. The number of anilines is 1. The topological polar surface area (TPSA) is 93.9 Å². The summed E-state index contributed by atoms with van der Waals surface area (Å²) < 4.78 is 6.77. The van der Waals surface area contributed by atoms with Crippen molar-refractivity contribution in [2.45, 2.75) is 44.8 Å². The number of hydrogen-bond donors (Lipinski definition) is 1. The minimum absolute atomic E-state index is 0.0754. The van der Waals surface area contributed by atoms with Crippen LogP contribution in [0.15, 0.2) is 6.33 Å². The molecule has 0 amide bonds. The molecule has 0 radical (unpaired) electrons. The van der Waals surface area contributed by atoms with Gasteiger partial charge in [-0.1, -0.05) is 0 Å². The molecule has 6 nitrogen and oxygen atoms in total. The number of aromatic nitrogens is 2. The summed E-state index contributed by atoms with van der Waals surface area (Å²) in [5.41, 5.74) is 4.74. The van der Waals surface area contributed by atoms with Crippen LogP contribution in [0.2, 0.25) is 0 Å². The van der Waals surface area contributed by atoms with Crippen molar-refractivity contribution in [3.63, 3.8) is 0 Å². The quantitative estimate of drug-likeness (QED) is 0.799. The van der Waals surface area contributed by atoms with Gasteiger partial charge in [0, 0.05) is 0 Å². The zero-order valence-electron chi connectivity index (χ0n) is 10.7. The zero-order valence-corrected chi connectivity index (χ0v) is 10.7. The number of carbonyl (C=O) groups excluding carboxylic acids is 1. The minimum atomic E-state index is -0.614. The molecule has 6 heteroatoms. The van der Waals surface area contributed by atoms with Crippen molar-refractivity contribution in [1.82, 2.24) is 9.55 Å². The highest BCUT2D eigenvalue weighted by molar-refractivity contribution is 5.92. The van der Waals surface area contributed by atoms with Gasteiger partial charge in [0.05, 0.1) is 12.4 Å². The number of carbonyl (C=O) groups is 1. The number of nitriles is 1. The van der Waals surface area contributed by atoms with Crippen LogP contribution in [-0.2, 0) is 10.3 Å². The van der Waals surface area contributed by atoms with Gasteiger partial charge in [-0.15, -0.1) is 0 Å². The molecule has 1 saturated carbocycles. The monoisotopic (exact) mass is 248 g/mol. The SMILES string of the molecule is CC(C)(C)OC(=O)c1ncn(C2(C#N)CC2)c1N. The summed E-state index contributed by atoms with van der Waals surface area (Å²) in [6.07, 6.45) is 2.90. The maximum absolute atomic E-state index is 11.9. The molecule has 2 rings (SSSR count). The van der Waals surface area contributed by atoms with Crippen LogP contribution in [0.25, 0.3) is 0 Å². The van der Waals surface area contributed by atoms with Crippen LogP contribution in [0.5, 0.6) is 0 Å². The Kier molecular flexibility index (Phi) is 2.58. The van der Waals surface area contributed by atoms with Gasteiger partial charge < -0.3 is 10.5 Å². The molecule has 1 aromatic rings. The Labute approximate surface area is 105 Å². The first-order chi connectivity index (χ1) is 8.29. The van der Waals surface area contributed by atoms with Crippen molar-refractivity contribution in [3.05, 3.63) is 12.0 Å². The van der Waals surface area contributed by atoms with Gasteiger partial charge in [-0.2, -0.15) is 5.26 Å². The molecule has 1 aromatic heterocycles. The number of nitrogen functional groups attached to an aromatic ring is 1. The molecule has 1 fully saturated rings. The van der Waals surface area contributed by atoms with E-state index in [0.29, 0.717) is 0 Å². The Morgan fingerprint density at radius 2 is 2.22 bits per heavy atom. The second kappa shape index (κ2) is 3.73. The summed E-state index contributed by atoms with van der Waals surface area (Å²) in [7, 11) is 0. The van der Waals surface area contributed by atoms with E-state index >= 15 is 0 Å². The third-order valence-electron chi connectivity index (χ3n) is 2.79. The molecule has 1 aliphatic rings. The fourth-order valence-corrected chi connectivity index (χ4v) is 1.71. The minimum Gasteiger partial charge on any atom is -0.455 e. The zero-order chi connectivity index (χ0) is 13.6. The van der Waals surface area contributed by atoms with Gasteiger partial charge in [0.15, 0.2) is 5.69 Å². The molecule has 0 spiro atoms. The lowest BCUT2D eigenvalue weighted by Gasteiger charge is -2.19. The summed E-state index contributed by atoms with van der Waals surface area (Å²) in [6, 6.07) is 2.20. The van der Waals surface area contributed by atoms with E-state index in [-0.39, 0.29) is 11.5 Å². The van der Waals surface area contributed by atoms with Crippen LogP contribution >= 0.6 is 0 Å². The maximum Gasteiger partial charge on any atom is 0.361 e. The van der Waals surface area contributed by atoms with Crippen molar-refractivity contribution in [1.29, 1.82) is 5.26 Å². The first kappa shape index (κ1) is 12.4. The average Bonchev–Trinajstić information content (AvgIpc) is 2.94. The van der Waals surface area contributed by atoms with Crippen LogP contribution < -0.4 is 5.73 Å². The van der Waals surface area contributed by atoms with Gasteiger partial charge in [-0.3, -0.25) is 4.57 Å². The average molecular weight is 248 g/mol. The second-order valence-electron chi connectivity index (χ2n) is 5.49. The molecule has 0 aromatic carbocycles. The van der Waals surface area contributed by atoms with Crippen molar-refractivity contribution in [3.8, 4) is 6.07 Å². The number of hydrogen-bond acceptors (Lipinski definition) is 5. The third-order valence-corrected chi connectivity index (χ3v) is 2.79. The summed E-state index contributed by atoms with van der Waals surface area (Å²) in [6.45, 7) is 5.32. The van der Waals surface area contributed by atoms with Crippen LogP contribution in [-0.4, -0.2) is 21.1 Å². The number of ether oxygens (including phenoxy) is 1. The number of imidazole rings is 1. The molecule has 0 saturated heterocycles. The molecule has 1 heterocycles. The van der Waals surface area contributed by atoms with Gasteiger partial charge >= 0.3 is 5.97 Å². The lowest BCUT2D eigenvalue weighted by Crippen LogP contribution is -2.25. The van der Waals surface area contributed by atoms with Crippen LogP contribution in [0, 0.1) is 11.3 Å². The van der Waals surface area contributed by atoms with Crippen molar-refractivity contribution >= 4 is 11.8 Å². The maximum atomic E-state index is 11.9. The Hall–Kier alpha value is -2.03. The van der Waals surface area contributed by atoms with E-state index in [4.69, 9.17) is 15.7 Å². The van der Waals surface area contributed by atoms with E-state index in [2.05, 4.69) is 11.1 Å². The molecule has 0 atom stereocenters. The van der Waals surface area contributed by atoms with Gasteiger partial charge in [0.2, 0.25) is 0 Å². The smallest absolute Gasteiger partial charge is 0.361 e. The van der Waals surface area contributed by atoms with Crippen molar-refractivity contribution in [2.75, 3.05) is 5.73 Å². The molecule has 1 aliphatic carbocycles. The number of nitrogens with zero attached hydrogens (tertiary/aromatic N) is 3. The third kappa shape index (κ3) is 2.04. The largest absolute Gasteiger partial charge is 0.455 e. The van der Waals surface area contributed by atoms with Crippen LogP contribution in [0.3, 0.4) is 0 Å². The van der Waals surface area contributed by atoms with Crippen molar-refractivity contribution < 1.29 is 9.53 Å². The normalized spacial score (nSPS) is 17.0. The lowest BCUT2D eigenvalue weighted by atomic mass is 10.2. The number of rotatable bonds is 2. The molecule has 18 heavy (non-hydrogen) atoms. The summed E-state index contributed by atoms with van der Waals surface area (Å²) in [4.78, 5) is 15.8. The number of esters is 1. The highest BCUT2D eigenvalue weighted by atomic mass is 16.6. The van der Waals surface area contributed by atoms with Crippen molar-refractivity contribution in [2.24, 2.45) is 0 Å². The Morgan fingerprint density at radius 3 is 2.67 bits per heavy atom. The van der Waals surface area contributed by atoms with Gasteiger partial charge in [0.1, 0.15) is 17.0 Å². The van der Waals surface area contributed by atoms with E-state index in [9.17, 15) is 4.79 Å². The van der Waals surface area contributed by atoms with Gasteiger partial charge in [0.25, 0.3) is 0 Å². The molecular weight excluding hydrogens is 232 g/mol. The van der Waals surface area contributed by atoms with E-state index in [1.807, 2.05) is 0 Å². The predicted molar refractivity (Wildman–Crippen MR) is 64.6 cm³/mol. The van der Waals surface area contributed by atoms with E-state index in [1.165, 1.54) is 6.33 Å². The molecule has 0 aliphatic heterocycles. The van der Waals surface area contributed by atoms with Crippen LogP contribution in [0.4, 0.5) is 5.82 Å². The van der Waals surface area contributed by atoms with E-state index in [1.54, 1.807) is 25.3 Å². The Morgan fingerprint density at radius 1 is 1.61 bits per heavy atom. The highest BCUT2D eigenvalue weighted by Crippen LogP contribution is 2.44. The first-order valence-corrected chi connectivity index (χ1v) is 5.77. The summed E-state index contributed by atoms with van der Waals surface area (Å²) in [5, 5.41) is 9.10. The molecule has 0 unspecified atom stereocenters. The van der Waals surface area contributed by atoms with E-state index < -0.39 is 17.1 Å². The van der Waals surface area contributed by atoms with E-state index in [0.717, 1.165) is 12.8 Å². The number of nitrogens with two attached hydrogens (primary N) is 1. The molecule has 0 bridgehead atoms. The molecule has 2 N–H and O–H groups in total. The fraction of sp³-hybridized carbons (Fsp3) is 0.583. The second-order valence-corrected chi connectivity index (χ2v) is 5.49. The predicted octanol–water partition coefficient (Wildman–Crippen LogP) is 1.43. The summed E-state index contributed by atoms with van der Waals surface area (Å²) in [5.74, 6) is -0.365. The lowest BCUT2D eigenvalue weighted by molar-refractivity contribution is 0.00647. The Balaban J connectivity index is 2.27. The van der Waals surface area contributed by atoms with Gasteiger partial charge in [-0.25, -0.2) is 9.78 Å². The van der Waals surface area contributed by atoms with Gasteiger partial charge in [-0.05, 0) is 33.6 Å². The molecular formula is C12H16N4O2. The molecule has 96 valence electrons. The van der Waals surface area contributed by atoms with Crippen LogP contribution in [0.1, 0.15) is 44.1 Å².